The minimum Gasteiger partial charge on any atom is -0.392 e. The molecule has 3 nitrogen and oxygen atoms in total. The molecule has 1 fully saturated rings. The molecule has 0 aromatic heterocycles. The molecule has 1 aliphatic carbocycles. The van der Waals surface area contributed by atoms with Gasteiger partial charge >= 0.3 is 0 Å². The smallest absolute Gasteiger partial charge is 0.0693 e. The van der Waals surface area contributed by atoms with Crippen molar-refractivity contribution in [2.24, 2.45) is 5.73 Å². The maximum absolute atomic E-state index is 9.31. The first kappa shape index (κ1) is 7.98. The van der Waals surface area contributed by atoms with Crippen molar-refractivity contribution < 1.29 is 5.11 Å². The zero-order chi connectivity index (χ0) is 7.40. The van der Waals surface area contributed by atoms with E-state index in [2.05, 4.69) is 5.32 Å². The van der Waals surface area contributed by atoms with Crippen molar-refractivity contribution in [2.75, 3.05) is 13.1 Å². The highest BCUT2D eigenvalue weighted by Crippen LogP contribution is 2.18. The molecular weight excluding hydrogens is 128 g/mol. The molecule has 0 radical (unpaired) electrons. The fraction of sp³-hybridized carbons (Fsp3) is 1.00. The molecule has 0 heterocycles. The van der Waals surface area contributed by atoms with Crippen LogP contribution in [0.25, 0.3) is 0 Å². The molecule has 2 atom stereocenters. The Bertz CT molecular complexity index is 97.6. The first-order valence-corrected chi connectivity index (χ1v) is 3.96. The maximum Gasteiger partial charge on any atom is 0.0693 e. The first-order valence-electron chi connectivity index (χ1n) is 3.96. The Morgan fingerprint density at radius 3 is 2.80 bits per heavy atom. The zero-order valence-corrected chi connectivity index (χ0v) is 6.21. The highest BCUT2D eigenvalue weighted by Gasteiger charge is 2.23. The van der Waals surface area contributed by atoms with Crippen molar-refractivity contribution in [2.45, 2.75) is 31.4 Å². The van der Waals surface area contributed by atoms with Crippen LogP contribution < -0.4 is 11.1 Å². The fourth-order valence-corrected chi connectivity index (χ4v) is 1.45. The lowest BCUT2D eigenvalue weighted by molar-refractivity contribution is 0.150. The van der Waals surface area contributed by atoms with E-state index in [9.17, 15) is 5.11 Å². The van der Waals surface area contributed by atoms with E-state index in [1.54, 1.807) is 0 Å². The number of nitrogens with two attached hydrogens (primary N) is 1. The number of hydrogen-bond acceptors (Lipinski definition) is 3. The third kappa shape index (κ3) is 1.94. The van der Waals surface area contributed by atoms with Crippen LogP contribution in [0, 0.1) is 0 Å². The lowest BCUT2D eigenvalue weighted by atomic mass is 10.2. The van der Waals surface area contributed by atoms with Crippen molar-refractivity contribution in [3.63, 3.8) is 0 Å². The maximum atomic E-state index is 9.31. The van der Waals surface area contributed by atoms with Crippen molar-refractivity contribution in [1.82, 2.24) is 5.32 Å². The fourth-order valence-electron chi connectivity index (χ4n) is 1.45. The molecule has 0 spiro atoms. The Kier molecular flexibility index (Phi) is 3.12. The molecule has 0 aliphatic heterocycles. The van der Waals surface area contributed by atoms with Gasteiger partial charge in [0.05, 0.1) is 6.10 Å². The highest BCUT2D eigenvalue weighted by atomic mass is 16.3. The number of aliphatic hydroxyl groups is 1. The summed E-state index contributed by atoms with van der Waals surface area (Å²) in [5, 5.41) is 12.5. The second-order valence-electron chi connectivity index (χ2n) is 2.85. The summed E-state index contributed by atoms with van der Waals surface area (Å²) in [5.41, 5.74) is 5.31. The standard InChI is InChI=1S/C7H16N2O/c8-4-5-9-6-2-1-3-7(6)10/h6-7,9-10H,1-5,8H2/t6-,7-/m1/s1. The zero-order valence-electron chi connectivity index (χ0n) is 6.21. The monoisotopic (exact) mass is 144 g/mol. The van der Waals surface area contributed by atoms with Crippen molar-refractivity contribution in [1.29, 1.82) is 0 Å². The van der Waals surface area contributed by atoms with Crippen LogP contribution in [0.4, 0.5) is 0 Å². The Balaban J connectivity index is 2.14. The van der Waals surface area contributed by atoms with Gasteiger partial charge in [0.25, 0.3) is 0 Å². The lowest BCUT2D eigenvalue weighted by Crippen LogP contribution is -2.38. The number of aliphatic hydroxyl groups excluding tert-OH is 1. The summed E-state index contributed by atoms with van der Waals surface area (Å²) in [5.74, 6) is 0. The summed E-state index contributed by atoms with van der Waals surface area (Å²) in [6.45, 7) is 1.48. The van der Waals surface area contributed by atoms with E-state index in [1.165, 1.54) is 0 Å². The molecule has 4 N–H and O–H groups in total. The molecule has 0 amide bonds. The molecule has 1 rings (SSSR count). The molecule has 0 bridgehead atoms. The van der Waals surface area contributed by atoms with Gasteiger partial charge in [0.15, 0.2) is 0 Å². The number of hydrogen-bond donors (Lipinski definition) is 3. The second-order valence-corrected chi connectivity index (χ2v) is 2.85. The highest BCUT2D eigenvalue weighted by molar-refractivity contribution is 4.82. The van der Waals surface area contributed by atoms with Gasteiger partial charge in [-0.1, -0.05) is 0 Å². The van der Waals surface area contributed by atoms with Gasteiger partial charge in [-0.3, -0.25) is 0 Å². The molecule has 60 valence electrons. The summed E-state index contributed by atoms with van der Waals surface area (Å²) in [6.07, 6.45) is 3.05. The molecule has 0 aromatic rings. The predicted octanol–water partition coefficient (Wildman–Crippen LogP) is -0.552. The summed E-state index contributed by atoms with van der Waals surface area (Å²) in [4.78, 5) is 0. The van der Waals surface area contributed by atoms with Gasteiger partial charge in [-0.15, -0.1) is 0 Å². The molecular formula is C7H16N2O. The molecule has 0 saturated heterocycles. The van der Waals surface area contributed by atoms with Gasteiger partial charge in [0, 0.05) is 19.1 Å². The van der Waals surface area contributed by atoms with E-state index in [0.717, 1.165) is 25.8 Å². The van der Waals surface area contributed by atoms with Gasteiger partial charge in [-0.05, 0) is 19.3 Å². The average Bonchev–Trinajstić information content (AvgIpc) is 2.31. The number of nitrogens with one attached hydrogen (secondary N) is 1. The van der Waals surface area contributed by atoms with Gasteiger partial charge in [-0.25, -0.2) is 0 Å². The van der Waals surface area contributed by atoms with Crippen LogP contribution in [0.1, 0.15) is 19.3 Å². The largest absolute Gasteiger partial charge is 0.392 e. The van der Waals surface area contributed by atoms with Crippen molar-refractivity contribution in [3.8, 4) is 0 Å². The average molecular weight is 144 g/mol. The van der Waals surface area contributed by atoms with Crippen LogP contribution in [-0.2, 0) is 0 Å². The summed E-state index contributed by atoms with van der Waals surface area (Å²) in [7, 11) is 0. The van der Waals surface area contributed by atoms with Gasteiger partial charge in [0.1, 0.15) is 0 Å². The minimum absolute atomic E-state index is 0.133. The predicted molar refractivity (Wildman–Crippen MR) is 40.7 cm³/mol. The van der Waals surface area contributed by atoms with Crippen LogP contribution in [0.2, 0.25) is 0 Å². The number of rotatable bonds is 3. The molecule has 3 heteroatoms. The van der Waals surface area contributed by atoms with Crippen LogP contribution in [0.5, 0.6) is 0 Å². The Labute approximate surface area is 61.6 Å². The molecule has 1 saturated carbocycles. The third-order valence-electron chi connectivity index (χ3n) is 2.03. The van der Waals surface area contributed by atoms with Crippen molar-refractivity contribution in [3.05, 3.63) is 0 Å². The lowest BCUT2D eigenvalue weighted by Gasteiger charge is -2.14. The van der Waals surface area contributed by atoms with E-state index in [0.29, 0.717) is 12.6 Å². The summed E-state index contributed by atoms with van der Waals surface area (Å²) in [6, 6.07) is 0.309. The minimum atomic E-state index is -0.133. The Morgan fingerprint density at radius 2 is 2.30 bits per heavy atom. The quantitative estimate of drug-likeness (QED) is 0.498. The molecule has 1 aliphatic rings. The summed E-state index contributed by atoms with van der Waals surface area (Å²) >= 11 is 0. The van der Waals surface area contributed by atoms with Crippen LogP contribution >= 0.6 is 0 Å². The topological polar surface area (TPSA) is 58.3 Å². The van der Waals surface area contributed by atoms with E-state index < -0.39 is 0 Å². The second kappa shape index (κ2) is 3.91. The van der Waals surface area contributed by atoms with Gasteiger partial charge in [-0.2, -0.15) is 0 Å². The van der Waals surface area contributed by atoms with E-state index in [-0.39, 0.29) is 6.10 Å². The first-order chi connectivity index (χ1) is 4.84. The summed E-state index contributed by atoms with van der Waals surface area (Å²) < 4.78 is 0. The molecule has 0 unspecified atom stereocenters. The third-order valence-corrected chi connectivity index (χ3v) is 2.03. The van der Waals surface area contributed by atoms with Crippen LogP contribution in [-0.4, -0.2) is 30.3 Å². The van der Waals surface area contributed by atoms with Crippen molar-refractivity contribution >= 4 is 0 Å². The van der Waals surface area contributed by atoms with Crippen LogP contribution in [0.15, 0.2) is 0 Å². The van der Waals surface area contributed by atoms with E-state index in [1.807, 2.05) is 0 Å². The van der Waals surface area contributed by atoms with Gasteiger partial charge < -0.3 is 16.2 Å². The van der Waals surface area contributed by atoms with E-state index in [4.69, 9.17) is 5.73 Å². The Hall–Kier alpha value is -0.120. The van der Waals surface area contributed by atoms with E-state index >= 15 is 0 Å². The molecule has 0 aromatic carbocycles. The Morgan fingerprint density at radius 1 is 1.50 bits per heavy atom. The SMILES string of the molecule is NCCN[C@@H]1CCC[C@H]1O. The van der Waals surface area contributed by atoms with Gasteiger partial charge in [0.2, 0.25) is 0 Å². The normalized spacial score (nSPS) is 33.0. The molecule has 10 heavy (non-hydrogen) atoms. The van der Waals surface area contributed by atoms with Crippen LogP contribution in [0.3, 0.4) is 0 Å².